The highest BCUT2D eigenvalue weighted by Gasteiger charge is 2.21. The minimum Gasteiger partial charge on any atom is -0.464 e. The second-order valence-corrected chi connectivity index (χ2v) is 7.90. The van der Waals surface area contributed by atoms with Crippen LogP contribution in [0.4, 0.5) is 5.69 Å². The molecule has 31 heavy (non-hydrogen) atoms. The molecule has 0 bridgehead atoms. The molecule has 3 heterocycles. The van der Waals surface area contributed by atoms with Crippen LogP contribution in [-0.2, 0) is 13.0 Å². The largest absolute Gasteiger partial charge is 0.464 e. The summed E-state index contributed by atoms with van der Waals surface area (Å²) in [5, 5.41) is 10.2. The maximum absolute atomic E-state index is 12.1. The molecule has 2 aromatic heterocycles. The number of benzene rings is 2. The third-order valence-corrected chi connectivity index (χ3v) is 6.18. The number of oxazole rings is 1. The summed E-state index contributed by atoms with van der Waals surface area (Å²) in [5.41, 5.74) is 5.15. The Morgan fingerprint density at radius 2 is 1.97 bits per heavy atom. The van der Waals surface area contributed by atoms with Gasteiger partial charge in [0.25, 0.3) is 0 Å². The molecule has 1 aliphatic rings. The summed E-state index contributed by atoms with van der Waals surface area (Å²) < 4.78 is 12.9. The fraction of sp³-hybridized carbons (Fsp3) is 0.333. The first-order valence-corrected chi connectivity index (χ1v) is 10.7. The Labute approximate surface area is 179 Å². The Kier molecular flexibility index (Phi) is 5.00. The molecule has 1 fully saturated rings. The number of hydrogen-bond donors (Lipinski definition) is 0. The molecule has 0 aliphatic carbocycles. The highest BCUT2D eigenvalue weighted by Crippen LogP contribution is 2.28. The van der Waals surface area contributed by atoms with Crippen LogP contribution in [0.5, 0.6) is 0 Å². The maximum Gasteiger partial charge on any atom is 0.420 e. The van der Waals surface area contributed by atoms with Gasteiger partial charge >= 0.3 is 5.76 Å². The van der Waals surface area contributed by atoms with Crippen LogP contribution >= 0.6 is 0 Å². The molecule has 0 amide bonds. The topological polar surface area (TPSA) is 78.6 Å². The smallest absolute Gasteiger partial charge is 0.420 e. The zero-order valence-corrected chi connectivity index (χ0v) is 17.5. The first-order valence-electron chi connectivity index (χ1n) is 10.7. The molecule has 0 unspecified atom stereocenters. The number of rotatable bonds is 5. The Morgan fingerprint density at radius 1 is 1.13 bits per heavy atom. The van der Waals surface area contributed by atoms with Crippen LogP contribution in [0.1, 0.15) is 18.1 Å². The van der Waals surface area contributed by atoms with Gasteiger partial charge in [0.05, 0.1) is 29.1 Å². The van der Waals surface area contributed by atoms with Gasteiger partial charge in [0.15, 0.2) is 5.58 Å². The number of hydrogen-bond acceptors (Lipinski definition) is 6. The molecule has 1 saturated heterocycles. The Balaban J connectivity index is 1.26. The second kappa shape index (κ2) is 7.97. The summed E-state index contributed by atoms with van der Waals surface area (Å²) in [6.07, 6.45) is 2.69. The first kappa shape index (κ1) is 19.5. The average Bonchev–Trinajstić information content (AvgIpc) is 3.36. The molecule has 0 atom stereocenters. The van der Waals surface area contributed by atoms with E-state index in [2.05, 4.69) is 15.9 Å². The van der Waals surface area contributed by atoms with Crippen LogP contribution in [0.2, 0.25) is 0 Å². The van der Waals surface area contributed by atoms with Gasteiger partial charge in [0.1, 0.15) is 5.58 Å². The van der Waals surface area contributed by atoms with Gasteiger partial charge in [-0.2, -0.15) is 5.26 Å². The number of aromatic nitrogens is 1. The van der Waals surface area contributed by atoms with Crippen LogP contribution in [0, 0.1) is 11.3 Å². The predicted octanol–water partition coefficient (Wildman–Crippen LogP) is 3.60. The van der Waals surface area contributed by atoms with Crippen LogP contribution in [-0.4, -0.2) is 42.2 Å². The third-order valence-electron chi connectivity index (χ3n) is 6.18. The van der Waals surface area contributed by atoms with E-state index < -0.39 is 0 Å². The van der Waals surface area contributed by atoms with Gasteiger partial charge in [-0.15, -0.1) is 0 Å². The van der Waals surface area contributed by atoms with Crippen LogP contribution < -0.4 is 10.7 Å². The Morgan fingerprint density at radius 3 is 2.74 bits per heavy atom. The molecule has 158 valence electrons. The summed E-state index contributed by atoms with van der Waals surface area (Å²) in [6, 6.07) is 13.7. The van der Waals surface area contributed by atoms with E-state index >= 15 is 0 Å². The lowest BCUT2D eigenvalue weighted by molar-refractivity contribution is 0.261. The van der Waals surface area contributed by atoms with Crippen LogP contribution in [0.25, 0.3) is 22.1 Å². The number of aryl methyl sites for hydroxylation is 1. The number of anilines is 1. The summed E-state index contributed by atoms with van der Waals surface area (Å²) in [6.45, 7) is 7.12. The van der Waals surface area contributed by atoms with Crippen molar-refractivity contribution in [2.45, 2.75) is 19.9 Å². The Bertz CT molecular complexity index is 1330. The molecule has 0 N–H and O–H groups in total. The lowest BCUT2D eigenvalue weighted by Gasteiger charge is -2.36. The molecule has 0 spiro atoms. The summed E-state index contributed by atoms with van der Waals surface area (Å²) in [5.74, 6) is -0.296. The van der Waals surface area contributed by atoms with Crippen molar-refractivity contribution in [2.75, 3.05) is 37.6 Å². The highest BCUT2D eigenvalue weighted by molar-refractivity contribution is 5.87. The van der Waals surface area contributed by atoms with E-state index in [0.29, 0.717) is 17.7 Å². The van der Waals surface area contributed by atoms with Gasteiger partial charge in [-0.1, -0.05) is 6.07 Å². The zero-order chi connectivity index (χ0) is 21.4. The molecule has 0 saturated carbocycles. The van der Waals surface area contributed by atoms with Crippen molar-refractivity contribution in [3.8, 4) is 6.07 Å². The molecule has 1 aliphatic heterocycles. The van der Waals surface area contributed by atoms with Gasteiger partial charge in [0, 0.05) is 44.7 Å². The van der Waals surface area contributed by atoms with Crippen molar-refractivity contribution < 1.29 is 8.83 Å². The summed E-state index contributed by atoms with van der Waals surface area (Å²) >= 11 is 0. The van der Waals surface area contributed by atoms with E-state index in [0.717, 1.165) is 66.9 Å². The lowest BCUT2D eigenvalue weighted by atomic mass is 10.1. The van der Waals surface area contributed by atoms with Crippen molar-refractivity contribution in [3.63, 3.8) is 0 Å². The molecular formula is C24H24N4O3. The van der Waals surface area contributed by atoms with E-state index in [-0.39, 0.29) is 5.76 Å². The molecule has 7 heteroatoms. The quantitative estimate of drug-likeness (QED) is 0.495. The SMILES string of the molecule is CCn1c(=O)oc2c(N3CCN(CCc4coc5ccc(C#N)cc45)CC3)cccc21. The fourth-order valence-electron chi connectivity index (χ4n) is 4.46. The van der Waals surface area contributed by atoms with E-state index in [4.69, 9.17) is 14.1 Å². The van der Waals surface area contributed by atoms with Gasteiger partial charge < -0.3 is 13.7 Å². The van der Waals surface area contributed by atoms with E-state index in [1.807, 2.05) is 43.5 Å². The van der Waals surface area contributed by atoms with Crippen LogP contribution in [0.15, 0.2) is 56.3 Å². The van der Waals surface area contributed by atoms with Crippen molar-refractivity contribution in [1.82, 2.24) is 9.47 Å². The fourth-order valence-corrected chi connectivity index (χ4v) is 4.46. The maximum atomic E-state index is 12.1. The summed E-state index contributed by atoms with van der Waals surface area (Å²) in [4.78, 5) is 16.9. The molecule has 2 aromatic carbocycles. The van der Waals surface area contributed by atoms with E-state index in [1.165, 1.54) is 0 Å². The molecule has 7 nitrogen and oxygen atoms in total. The first-order chi connectivity index (χ1) is 15.2. The van der Waals surface area contributed by atoms with Crippen LogP contribution in [0.3, 0.4) is 0 Å². The normalized spacial score (nSPS) is 15.0. The Hall–Kier alpha value is -3.50. The van der Waals surface area contributed by atoms with Crippen molar-refractivity contribution >= 4 is 27.8 Å². The van der Waals surface area contributed by atoms with E-state index in [9.17, 15) is 4.79 Å². The second-order valence-electron chi connectivity index (χ2n) is 7.90. The summed E-state index contributed by atoms with van der Waals surface area (Å²) in [7, 11) is 0. The number of piperazine rings is 1. The van der Waals surface area contributed by atoms with Gasteiger partial charge in [-0.3, -0.25) is 9.47 Å². The molecular weight excluding hydrogens is 392 g/mol. The minimum atomic E-state index is -0.296. The van der Waals surface area contributed by atoms with E-state index in [1.54, 1.807) is 10.6 Å². The number of fused-ring (bicyclic) bond motifs is 2. The lowest BCUT2D eigenvalue weighted by Crippen LogP contribution is -2.47. The van der Waals surface area contributed by atoms with Gasteiger partial charge in [0.2, 0.25) is 0 Å². The number of nitriles is 1. The molecule has 0 radical (unpaired) electrons. The van der Waals surface area contributed by atoms with Gasteiger partial charge in [-0.05, 0) is 49.2 Å². The number of furan rings is 1. The molecule has 5 rings (SSSR count). The third kappa shape index (κ3) is 3.49. The monoisotopic (exact) mass is 416 g/mol. The van der Waals surface area contributed by atoms with Crippen molar-refractivity contribution in [2.24, 2.45) is 0 Å². The predicted molar refractivity (Wildman–Crippen MR) is 119 cm³/mol. The van der Waals surface area contributed by atoms with Gasteiger partial charge in [-0.25, -0.2) is 4.79 Å². The molecule has 4 aromatic rings. The highest BCUT2D eigenvalue weighted by atomic mass is 16.4. The average molecular weight is 416 g/mol. The zero-order valence-electron chi connectivity index (χ0n) is 17.5. The van der Waals surface area contributed by atoms with Crippen molar-refractivity contribution in [1.29, 1.82) is 5.26 Å². The number of nitrogens with zero attached hydrogens (tertiary/aromatic N) is 4. The van der Waals surface area contributed by atoms with Crippen molar-refractivity contribution in [3.05, 3.63) is 64.3 Å². The minimum absolute atomic E-state index is 0.296. The number of para-hydroxylation sites is 1. The standard InChI is InChI=1S/C24H24N4O3/c1-2-28-21-5-3-4-20(23(21)31-24(28)29)27-12-10-26(11-13-27)9-8-18-16-30-22-7-6-17(15-25)14-19(18)22/h3-7,14,16H,2,8-13H2,1H3.